The molecule has 6 atom stereocenters. The molecule has 11 nitrogen and oxygen atoms in total. The number of benzene rings is 1. The minimum Gasteiger partial charge on any atom is -0.508 e. The van der Waals surface area contributed by atoms with E-state index in [1.54, 1.807) is 6.92 Å². The number of aliphatic carboxylic acids is 1. The molecular formula is C24H36N4O7. The summed E-state index contributed by atoms with van der Waals surface area (Å²) < 4.78 is 0. The van der Waals surface area contributed by atoms with Gasteiger partial charge in [0.05, 0.1) is 12.1 Å². The fraction of sp³-hybridized carbons (Fsp3) is 0.583. The summed E-state index contributed by atoms with van der Waals surface area (Å²) in [5, 5.41) is 39.8. The van der Waals surface area contributed by atoms with Gasteiger partial charge in [-0.1, -0.05) is 32.4 Å². The van der Waals surface area contributed by atoms with E-state index >= 15 is 0 Å². The maximum atomic E-state index is 13.1. The predicted molar refractivity (Wildman–Crippen MR) is 127 cm³/mol. The number of hydrogen-bond acceptors (Lipinski definition) is 7. The molecule has 194 valence electrons. The molecule has 3 amide bonds. The summed E-state index contributed by atoms with van der Waals surface area (Å²) in [5.41, 5.74) is 0.563. The largest absolute Gasteiger partial charge is 0.508 e. The summed E-state index contributed by atoms with van der Waals surface area (Å²) in [6, 6.07) is 1.78. The van der Waals surface area contributed by atoms with Crippen molar-refractivity contribution in [2.45, 2.75) is 76.7 Å². The molecule has 1 aromatic rings. The monoisotopic (exact) mass is 492 g/mol. The summed E-state index contributed by atoms with van der Waals surface area (Å²) in [7, 11) is 0. The molecule has 1 aliphatic rings. The fourth-order valence-electron chi connectivity index (χ4n) is 3.84. The van der Waals surface area contributed by atoms with Crippen LogP contribution in [0, 0.1) is 5.92 Å². The van der Waals surface area contributed by atoms with E-state index < -0.39 is 42.0 Å². The zero-order valence-electron chi connectivity index (χ0n) is 20.3. The standard InChI is InChI=1S/C24H36N4O7/c1-4-13(2)19(27-21(31)17-6-5-11-25-17)22(32)28-20(14(3)29)23(33)26-18(24(34)35)12-15-7-9-16(30)10-8-15/h7-10,13-14,17-20,25,29-30H,4-6,11-12H2,1-3H3,(H,26,33)(H,27,31)(H,28,32)(H,34,35). The molecule has 0 saturated carbocycles. The van der Waals surface area contributed by atoms with E-state index in [2.05, 4.69) is 21.3 Å². The minimum absolute atomic E-state index is 0.0215. The van der Waals surface area contributed by atoms with Crippen molar-refractivity contribution in [1.29, 1.82) is 0 Å². The lowest BCUT2D eigenvalue weighted by Crippen LogP contribution is -2.61. The molecule has 6 unspecified atom stereocenters. The van der Waals surface area contributed by atoms with E-state index in [-0.39, 0.29) is 30.0 Å². The van der Waals surface area contributed by atoms with Crippen molar-refractivity contribution in [2.24, 2.45) is 5.92 Å². The number of phenolic OH excluding ortho intramolecular Hbond substituents is 1. The van der Waals surface area contributed by atoms with Crippen LogP contribution in [0.1, 0.15) is 45.6 Å². The Balaban J connectivity index is 2.10. The summed E-state index contributed by atoms with van der Waals surface area (Å²) >= 11 is 0. The summed E-state index contributed by atoms with van der Waals surface area (Å²) in [5.74, 6) is -3.34. The van der Waals surface area contributed by atoms with E-state index in [4.69, 9.17) is 0 Å². The number of rotatable bonds is 12. The van der Waals surface area contributed by atoms with E-state index in [0.29, 0.717) is 18.4 Å². The van der Waals surface area contributed by atoms with Crippen LogP contribution in [-0.4, -0.2) is 75.8 Å². The normalized spacial score (nSPS) is 19.6. The highest BCUT2D eigenvalue weighted by atomic mass is 16.4. The van der Waals surface area contributed by atoms with Crippen LogP contribution >= 0.6 is 0 Å². The zero-order valence-corrected chi connectivity index (χ0v) is 20.3. The maximum absolute atomic E-state index is 13.1. The first-order valence-electron chi connectivity index (χ1n) is 11.9. The molecule has 7 N–H and O–H groups in total. The lowest BCUT2D eigenvalue weighted by molar-refractivity contribution is -0.143. The third kappa shape index (κ3) is 8.22. The van der Waals surface area contributed by atoms with Gasteiger partial charge in [-0.25, -0.2) is 4.79 Å². The Kier molecular flexibility index (Phi) is 10.5. The number of nitrogens with one attached hydrogen (secondary N) is 4. The van der Waals surface area contributed by atoms with Gasteiger partial charge in [0.2, 0.25) is 17.7 Å². The highest BCUT2D eigenvalue weighted by Crippen LogP contribution is 2.13. The van der Waals surface area contributed by atoms with E-state index in [9.17, 15) is 34.5 Å². The first-order chi connectivity index (χ1) is 16.5. The van der Waals surface area contributed by atoms with Gasteiger partial charge in [-0.15, -0.1) is 0 Å². The van der Waals surface area contributed by atoms with Gasteiger partial charge >= 0.3 is 5.97 Å². The second-order valence-corrected chi connectivity index (χ2v) is 9.02. The fourth-order valence-corrected chi connectivity index (χ4v) is 3.84. The molecule has 0 aliphatic carbocycles. The number of aliphatic hydroxyl groups excluding tert-OH is 1. The molecule has 1 saturated heterocycles. The molecule has 0 radical (unpaired) electrons. The van der Waals surface area contributed by atoms with Gasteiger partial charge in [0.1, 0.15) is 23.9 Å². The number of carbonyl (C=O) groups excluding carboxylic acids is 3. The molecule has 0 aromatic heterocycles. The third-order valence-corrected chi connectivity index (χ3v) is 6.22. The molecule has 0 bridgehead atoms. The van der Waals surface area contributed by atoms with Crippen LogP contribution in [0.2, 0.25) is 0 Å². The molecule has 35 heavy (non-hydrogen) atoms. The van der Waals surface area contributed by atoms with Gasteiger partial charge < -0.3 is 36.6 Å². The Morgan fingerprint density at radius 3 is 2.17 bits per heavy atom. The van der Waals surface area contributed by atoms with Crippen LogP contribution in [0.3, 0.4) is 0 Å². The number of phenols is 1. The van der Waals surface area contributed by atoms with Gasteiger partial charge in [0, 0.05) is 6.42 Å². The smallest absolute Gasteiger partial charge is 0.326 e. The number of carboxylic acids is 1. The number of hydrogen-bond donors (Lipinski definition) is 7. The van der Waals surface area contributed by atoms with E-state index in [1.165, 1.54) is 31.2 Å². The number of amides is 3. The summed E-state index contributed by atoms with van der Waals surface area (Å²) in [6.45, 7) is 5.68. The van der Waals surface area contributed by atoms with Gasteiger partial charge in [-0.2, -0.15) is 0 Å². The second-order valence-electron chi connectivity index (χ2n) is 9.02. The maximum Gasteiger partial charge on any atom is 0.326 e. The van der Waals surface area contributed by atoms with Crippen molar-refractivity contribution >= 4 is 23.7 Å². The van der Waals surface area contributed by atoms with Crippen molar-refractivity contribution in [2.75, 3.05) is 6.54 Å². The Labute approximate surface area is 204 Å². The Bertz CT molecular complexity index is 884. The van der Waals surface area contributed by atoms with Crippen LogP contribution < -0.4 is 21.3 Å². The first-order valence-corrected chi connectivity index (χ1v) is 11.9. The van der Waals surface area contributed by atoms with Crippen molar-refractivity contribution in [3.05, 3.63) is 29.8 Å². The van der Waals surface area contributed by atoms with Gasteiger partial charge in [0.25, 0.3) is 0 Å². The van der Waals surface area contributed by atoms with Gasteiger partial charge in [-0.3, -0.25) is 14.4 Å². The average Bonchev–Trinajstić information content (AvgIpc) is 3.36. The highest BCUT2D eigenvalue weighted by molar-refractivity contribution is 5.94. The van der Waals surface area contributed by atoms with Crippen LogP contribution in [-0.2, 0) is 25.6 Å². The van der Waals surface area contributed by atoms with Gasteiger partial charge in [0.15, 0.2) is 0 Å². The Morgan fingerprint density at radius 2 is 1.66 bits per heavy atom. The minimum atomic E-state index is -1.43. The number of carbonyl (C=O) groups is 4. The zero-order chi connectivity index (χ0) is 26.1. The van der Waals surface area contributed by atoms with Crippen molar-refractivity contribution < 1.29 is 34.5 Å². The van der Waals surface area contributed by atoms with Crippen LogP contribution in [0.5, 0.6) is 5.75 Å². The van der Waals surface area contributed by atoms with Crippen molar-refractivity contribution in [3.8, 4) is 5.75 Å². The molecule has 1 aromatic carbocycles. The van der Waals surface area contributed by atoms with Crippen LogP contribution in [0.25, 0.3) is 0 Å². The van der Waals surface area contributed by atoms with Crippen molar-refractivity contribution in [1.82, 2.24) is 21.3 Å². The summed E-state index contributed by atoms with van der Waals surface area (Å²) in [6.07, 6.45) is 0.707. The molecule has 1 heterocycles. The molecule has 2 rings (SSSR count). The highest BCUT2D eigenvalue weighted by Gasteiger charge is 2.35. The number of aromatic hydroxyl groups is 1. The predicted octanol–water partition coefficient (Wildman–Crippen LogP) is -0.347. The van der Waals surface area contributed by atoms with Gasteiger partial charge in [-0.05, 0) is 49.9 Å². The lowest BCUT2D eigenvalue weighted by Gasteiger charge is -2.29. The number of aliphatic hydroxyl groups is 1. The Hall–Kier alpha value is -3.18. The molecule has 1 fully saturated rings. The summed E-state index contributed by atoms with van der Waals surface area (Å²) in [4.78, 5) is 50.3. The van der Waals surface area contributed by atoms with E-state index in [0.717, 1.165) is 13.0 Å². The molecule has 1 aliphatic heterocycles. The number of carboxylic acid groups (broad SMARTS) is 1. The molecule has 0 spiro atoms. The lowest BCUT2D eigenvalue weighted by atomic mass is 9.97. The Morgan fingerprint density at radius 1 is 1.03 bits per heavy atom. The quantitative estimate of drug-likeness (QED) is 0.207. The second kappa shape index (κ2) is 13.1. The average molecular weight is 493 g/mol. The van der Waals surface area contributed by atoms with Crippen LogP contribution in [0.4, 0.5) is 0 Å². The first kappa shape index (κ1) is 28.1. The van der Waals surface area contributed by atoms with E-state index in [1.807, 2.05) is 6.92 Å². The molecule has 11 heteroatoms. The topological polar surface area (TPSA) is 177 Å². The SMILES string of the molecule is CCC(C)C(NC(=O)C1CCCN1)C(=O)NC(C(=O)NC(Cc1ccc(O)cc1)C(=O)O)C(C)O. The third-order valence-electron chi connectivity index (χ3n) is 6.22. The van der Waals surface area contributed by atoms with Crippen LogP contribution in [0.15, 0.2) is 24.3 Å². The van der Waals surface area contributed by atoms with Crippen molar-refractivity contribution in [3.63, 3.8) is 0 Å². The molecular weight excluding hydrogens is 456 g/mol.